The molecule has 1 atom stereocenters. The van der Waals surface area contributed by atoms with Crippen molar-refractivity contribution >= 4 is 10.9 Å². The molecular weight excluding hydrogens is 246 g/mol. The predicted octanol–water partition coefficient (Wildman–Crippen LogP) is 3.25. The molecule has 1 N–H and O–H groups in total. The van der Waals surface area contributed by atoms with Crippen LogP contribution in [-0.4, -0.2) is 17.0 Å². The standard InChI is InChI=1S/C17H17N3/c1-12-5-6-13-10-14(7-8-16(13)20-12)17(18-2)15-4-3-9-19-11-15/h3-11,17-18H,1-2H3. The third-order valence-corrected chi connectivity index (χ3v) is 3.49. The molecule has 0 saturated heterocycles. The summed E-state index contributed by atoms with van der Waals surface area (Å²) >= 11 is 0. The van der Waals surface area contributed by atoms with Gasteiger partial charge < -0.3 is 5.32 Å². The third-order valence-electron chi connectivity index (χ3n) is 3.49. The molecule has 0 fully saturated rings. The number of rotatable bonds is 3. The van der Waals surface area contributed by atoms with Gasteiger partial charge in [-0.3, -0.25) is 9.97 Å². The largest absolute Gasteiger partial charge is 0.309 e. The van der Waals surface area contributed by atoms with Gasteiger partial charge in [0.2, 0.25) is 0 Å². The van der Waals surface area contributed by atoms with Gasteiger partial charge in [-0.2, -0.15) is 0 Å². The van der Waals surface area contributed by atoms with Crippen molar-refractivity contribution in [3.63, 3.8) is 0 Å². The monoisotopic (exact) mass is 263 g/mol. The molecule has 2 heterocycles. The van der Waals surface area contributed by atoms with Gasteiger partial charge in [-0.05, 0) is 49.4 Å². The number of fused-ring (bicyclic) bond motifs is 1. The number of aromatic nitrogens is 2. The highest BCUT2D eigenvalue weighted by Gasteiger charge is 2.12. The van der Waals surface area contributed by atoms with Crippen molar-refractivity contribution < 1.29 is 0 Å². The van der Waals surface area contributed by atoms with E-state index in [1.54, 1.807) is 6.20 Å². The summed E-state index contributed by atoms with van der Waals surface area (Å²) < 4.78 is 0. The fourth-order valence-corrected chi connectivity index (χ4v) is 2.50. The molecule has 0 aliphatic carbocycles. The first-order chi connectivity index (χ1) is 9.78. The van der Waals surface area contributed by atoms with Crippen molar-refractivity contribution in [1.82, 2.24) is 15.3 Å². The first kappa shape index (κ1) is 12.8. The summed E-state index contributed by atoms with van der Waals surface area (Å²) in [6.07, 6.45) is 3.70. The quantitative estimate of drug-likeness (QED) is 0.788. The molecule has 20 heavy (non-hydrogen) atoms. The average Bonchev–Trinajstić information content (AvgIpc) is 2.49. The molecule has 1 unspecified atom stereocenters. The molecule has 0 aliphatic heterocycles. The van der Waals surface area contributed by atoms with Gasteiger partial charge in [0.15, 0.2) is 0 Å². The molecule has 0 saturated carbocycles. The lowest BCUT2D eigenvalue weighted by Crippen LogP contribution is -2.17. The smallest absolute Gasteiger partial charge is 0.0705 e. The van der Waals surface area contributed by atoms with Gasteiger partial charge in [0.05, 0.1) is 11.6 Å². The highest BCUT2D eigenvalue weighted by atomic mass is 14.9. The summed E-state index contributed by atoms with van der Waals surface area (Å²) in [4.78, 5) is 8.74. The lowest BCUT2D eigenvalue weighted by atomic mass is 9.98. The molecule has 0 bridgehead atoms. The van der Waals surface area contributed by atoms with Crippen molar-refractivity contribution in [2.75, 3.05) is 7.05 Å². The SMILES string of the molecule is CNC(c1cccnc1)c1ccc2nc(C)ccc2c1. The van der Waals surface area contributed by atoms with Gasteiger partial charge in [0, 0.05) is 23.5 Å². The van der Waals surface area contributed by atoms with E-state index < -0.39 is 0 Å². The van der Waals surface area contributed by atoms with Gasteiger partial charge in [0.1, 0.15) is 0 Å². The number of hydrogen-bond acceptors (Lipinski definition) is 3. The second-order valence-electron chi connectivity index (χ2n) is 4.91. The van der Waals surface area contributed by atoms with E-state index in [0.717, 1.165) is 22.2 Å². The Balaban J connectivity index is 2.06. The van der Waals surface area contributed by atoms with Crippen LogP contribution < -0.4 is 5.32 Å². The molecule has 3 heteroatoms. The minimum absolute atomic E-state index is 0.148. The van der Waals surface area contributed by atoms with Crippen LogP contribution in [0.5, 0.6) is 0 Å². The van der Waals surface area contributed by atoms with Crippen LogP contribution in [0, 0.1) is 6.92 Å². The van der Waals surface area contributed by atoms with E-state index in [1.807, 2.05) is 32.3 Å². The minimum Gasteiger partial charge on any atom is -0.309 e. The molecule has 0 spiro atoms. The topological polar surface area (TPSA) is 37.8 Å². The molecule has 100 valence electrons. The first-order valence-corrected chi connectivity index (χ1v) is 6.72. The zero-order valence-electron chi connectivity index (χ0n) is 11.7. The Kier molecular flexibility index (Phi) is 3.44. The Morgan fingerprint density at radius 2 is 1.95 bits per heavy atom. The summed E-state index contributed by atoms with van der Waals surface area (Å²) in [6.45, 7) is 2.01. The van der Waals surface area contributed by atoms with Crippen LogP contribution in [0.15, 0.2) is 54.9 Å². The molecule has 0 radical (unpaired) electrons. The maximum Gasteiger partial charge on any atom is 0.0705 e. The van der Waals surface area contributed by atoms with E-state index in [2.05, 4.69) is 45.6 Å². The van der Waals surface area contributed by atoms with Gasteiger partial charge >= 0.3 is 0 Å². The zero-order valence-corrected chi connectivity index (χ0v) is 11.7. The summed E-state index contributed by atoms with van der Waals surface area (Å²) in [5, 5.41) is 4.51. The molecular formula is C17H17N3. The van der Waals surface area contributed by atoms with Crippen LogP contribution in [0.2, 0.25) is 0 Å². The van der Waals surface area contributed by atoms with Crippen LogP contribution in [0.3, 0.4) is 0 Å². The number of pyridine rings is 2. The highest BCUT2D eigenvalue weighted by molar-refractivity contribution is 5.79. The Hall–Kier alpha value is -2.26. The van der Waals surface area contributed by atoms with Crippen LogP contribution in [0.1, 0.15) is 22.9 Å². The van der Waals surface area contributed by atoms with Gasteiger partial charge in [-0.1, -0.05) is 18.2 Å². The van der Waals surface area contributed by atoms with E-state index in [9.17, 15) is 0 Å². The Bertz CT molecular complexity index is 723. The summed E-state index contributed by atoms with van der Waals surface area (Å²) in [5.74, 6) is 0. The molecule has 0 aliphatic rings. The first-order valence-electron chi connectivity index (χ1n) is 6.72. The van der Waals surface area contributed by atoms with Gasteiger partial charge in [-0.15, -0.1) is 0 Å². The van der Waals surface area contributed by atoms with E-state index in [0.29, 0.717) is 0 Å². The van der Waals surface area contributed by atoms with E-state index >= 15 is 0 Å². The van der Waals surface area contributed by atoms with Gasteiger partial charge in [0.25, 0.3) is 0 Å². The molecule has 3 rings (SSSR count). The molecule has 2 aromatic heterocycles. The third kappa shape index (κ3) is 2.40. The Morgan fingerprint density at radius 3 is 2.70 bits per heavy atom. The fraction of sp³-hybridized carbons (Fsp3) is 0.176. The summed E-state index contributed by atoms with van der Waals surface area (Å²) in [7, 11) is 1.97. The zero-order chi connectivity index (χ0) is 13.9. The molecule has 3 nitrogen and oxygen atoms in total. The predicted molar refractivity (Wildman–Crippen MR) is 81.6 cm³/mol. The minimum atomic E-state index is 0.148. The maximum atomic E-state index is 4.54. The van der Waals surface area contributed by atoms with Crippen molar-refractivity contribution in [2.45, 2.75) is 13.0 Å². The highest BCUT2D eigenvalue weighted by Crippen LogP contribution is 2.24. The van der Waals surface area contributed by atoms with E-state index in [1.165, 1.54) is 5.56 Å². The number of benzene rings is 1. The lowest BCUT2D eigenvalue weighted by Gasteiger charge is -2.17. The van der Waals surface area contributed by atoms with Crippen LogP contribution in [0.4, 0.5) is 0 Å². The van der Waals surface area contributed by atoms with Crippen molar-refractivity contribution in [1.29, 1.82) is 0 Å². The Labute approximate surface area is 118 Å². The molecule has 3 aromatic rings. The number of aryl methyl sites for hydroxylation is 1. The van der Waals surface area contributed by atoms with Crippen molar-refractivity contribution in [3.8, 4) is 0 Å². The van der Waals surface area contributed by atoms with Gasteiger partial charge in [-0.25, -0.2) is 0 Å². The second kappa shape index (κ2) is 5.39. The van der Waals surface area contributed by atoms with Crippen LogP contribution in [-0.2, 0) is 0 Å². The van der Waals surface area contributed by atoms with Crippen molar-refractivity contribution in [3.05, 3.63) is 71.7 Å². The normalized spacial score (nSPS) is 12.5. The summed E-state index contributed by atoms with van der Waals surface area (Å²) in [6, 6.07) is 14.8. The maximum absolute atomic E-state index is 4.54. The molecule has 1 aromatic carbocycles. The fourth-order valence-electron chi connectivity index (χ4n) is 2.50. The van der Waals surface area contributed by atoms with E-state index in [4.69, 9.17) is 0 Å². The summed E-state index contributed by atoms with van der Waals surface area (Å²) in [5.41, 5.74) is 4.46. The number of nitrogens with one attached hydrogen (secondary N) is 1. The number of hydrogen-bond donors (Lipinski definition) is 1. The van der Waals surface area contributed by atoms with E-state index in [-0.39, 0.29) is 6.04 Å². The molecule has 0 amide bonds. The van der Waals surface area contributed by atoms with Crippen LogP contribution >= 0.6 is 0 Å². The van der Waals surface area contributed by atoms with Crippen LogP contribution in [0.25, 0.3) is 10.9 Å². The second-order valence-corrected chi connectivity index (χ2v) is 4.91. The number of nitrogens with zero attached hydrogens (tertiary/aromatic N) is 2. The average molecular weight is 263 g/mol. The Morgan fingerprint density at radius 1 is 1.05 bits per heavy atom. The lowest BCUT2D eigenvalue weighted by molar-refractivity contribution is 0.689. The van der Waals surface area contributed by atoms with Crippen molar-refractivity contribution in [2.24, 2.45) is 0 Å².